The first-order chi connectivity index (χ1) is 15.1. The van der Waals surface area contributed by atoms with Gasteiger partial charge in [0.2, 0.25) is 0 Å². The zero-order valence-corrected chi connectivity index (χ0v) is 18.2. The molecule has 0 spiro atoms. The van der Waals surface area contributed by atoms with E-state index in [4.69, 9.17) is 11.6 Å². The molecule has 0 aromatic heterocycles. The molecule has 3 aromatic carbocycles. The molecule has 5 nitrogen and oxygen atoms in total. The van der Waals surface area contributed by atoms with Gasteiger partial charge in [-0.2, -0.15) is 46.9 Å². The van der Waals surface area contributed by atoms with Gasteiger partial charge in [-0.05, 0) is 40.8 Å². The van der Waals surface area contributed by atoms with E-state index < -0.39 is 45.9 Å². The highest BCUT2D eigenvalue weighted by Gasteiger charge is 2.88. The van der Waals surface area contributed by atoms with Crippen molar-refractivity contribution in [2.75, 3.05) is 3.71 Å². The van der Waals surface area contributed by atoms with Crippen molar-refractivity contribution in [3.05, 3.63) is 65.7 Å². The number of hydrogen-bond acceptors (Lipinski definition) is 4. The minimum absolute atomic E-state index is 0.0229. The van der Waals surface area contributed by atoms with Crippen LogP contribution in [0.4, 0.5) is 32.0 Å². The van der Waals surface area contributed by atoms with E-state index in [2.05, 4.69) is 0 Å². The fourth-order valence-electron chi connectivity index (χ4n) is 3.34. The smallest absolute Gasteiger partial charge is 0.199 e. The van der Waals surface area contributed by atoms with Gasteiger partial charge in [0, 0.05) is 10.4 Å². The lowest BCUT2D eigenvalue weighted by atomic mass is 10.00. The van der Waals surface area contributed by atoms with E-state index in [-0.39, 0.29) is 21.9 Å². The topological polar surface area (TPSA) is 71.5 Å². The molecule has 1 heterocycles. The molecule has 1 saturated heterocycles. The molecule has 0 saturated carbocycles. The number of sulfonamides is 2. The first kappa shape index (κ1) is 23.6. The van der Waals surface area contributed by atoms with Crippen LogP contribution in [0.3, 0.4) is 0 Å². The Morgan fingerprint density at radius 3 is 1.76 bits per heavy atom. The van der Waals surface area contributed by atoms with Crippen LogP contribution in [0, 0.1) is 0 Å². The number of fused-ring (bicyclic) bond motifs is 1. The Hall–Kier alpha value is -2.51. The molecule has 1 aliphatic heterocycles. The molecule has 1 aliphatic rings. The first-order valence-electron chi connectivity index (χ1n) is 8.79. The third-order valence-electron chi connectivity index (χ3n) is 5.03. The molecule has 0 N–H and O–H groups in total. The molecular formula is C19H10ClF6NO4S2. The number of rotatable bonds is 2. The highest BCUT2D eigenvalue weighted by molar-refractivity contribution is 8.12. The lowest BCUT2D eigenvalue weighted by molar-refractivity contribution is -0.245. The average Bonchev–Trinajstić information content (AvgIpc) is 2.72. The fraction of sp³-hybridized carbons (Fsp3) is 0.158. The zero-order valence-electron chi connectivity index (χ0n) is 15.8. The Morgan fingerprint density at radius 1 is 0.697 bits per heavy atom. The molecule has 14 heteroatoms. The number of benzene rings is 3. The summed E-state index contributed by atoms with van der Waals surface area (Å²) in [4.78, 5) is 0. The quantitative estimate of drug-likeness (QED) is 0.413. The maximum Gasteiger partial charge on any atom is 0.434 e. The SMILES string of the molecule is O=S1(=O)N(c2cc(-c3ccc(Cl)cc3)cc3ccccc23)S(=O)(=O)C(F)(F)C(F)(F)C1(F)F. The van der Waals surface area contributed by atoms with Gasteiger partial charge in [-0.15, -0.1) is 0 Å². The number of anilines is 1. The van der Waals surface area contributed by atoms with Crippen molar-refractivity contribution in [3.8, 4) is 11.1 Å². The van der Waals surface area contributed by atoms with Crippen LogP contribution in [0.25, 0.3) is 21.9 Å². The van der Waals surface area contributed by atoms with Gasteiger partial charge in [0.05, 0.1) is 5.69 Å². The number of hydrogen-bond donors (Lipinski definition) is 0. The van der Waals surface area contributed by atoms with Gasteiger partial charge in [0.15, 0.2) is 0 Å². The standard InChI is InChI=1S/C19H10ClF6NO4S2/c20-14-7-5-11(6-8-14)13-9-12-3-1-2-4-15(12)16(10-13)27-32(28,29)18(23,24)17(21,22)19(25,26)33(27,30)31/h1-10H. The van der Waals surface area contributed by atoms with Gasteiger partial charge in [0.1, 0.15) is 0 Å². The predicted octanol–water partition coefficient (Wildman–Crippen LogP) is 5.46. The van der Waals surface area contributed by atoms with E-state index >= 15 is 0 Å². The van der Waals surface area contributed by atoms with Crippen LogP contribution >= 0.6 is 11.6 Å². The third kappa shape index (κ3) is 2.98. The molecule has 33 heavy (non-hydrogen) atoms. The normalized spacial score (nSPS) is 22.2. The van der Waals surface area contributed by atoms with Gasteiger partial charge in [-0.25, -0.2) is 0 Å². The molecule has 0 unspecified atom stereocenters. The van der Waals surface area contributed by atoms with Crippen molar-refractivity contribution >= 4 is 48.1 Å². The first-order valence-corrected chi connectivity index (χ1v) is 12.0. The summed E-state index contributed by atoms with van der Waals surface area (Å²) in [7, 11) is -13.8. The van der Waals surface area contributed by atoms with E-state index in [1.54, 1.807) is 0 Å². The van der Waals surface area contributed by atoms with Gasteiger partial charge >= 0.3 is 36.5 Å². The van der Waals surface area contributed by atoms with Crippen LogP contribution in [-0.4, -0.2) is 33.3 Å². The van der Waals surface area contributed by atoms with Crippen molar-refractivity contribution in [3.63, 3.8) is 0 Å². The van der Waals surface area contributed by atoms with Crippen LogP contribution in [0.5, 0.6) is 0 Å². The highest BCUT2D eigenvalue weighted by atomic mass is 35.5. The van der Waals surface area contributed by atoms with Crippen LogP contribution < -0.4 is 3.71 Å². The molecule has 176 valence electrons. The van der Waals surface area contributed by atoms with Crippen LogP contribution in [0.2, 0.25) is 5.02 Å². The molecule has 3 aromatic rings. The average molecular weight is 530 g/mol. The number of alkyl halides is 6. The monoisotopic (exact) mass is 529 g/mol. The summed E-state index contributed by atoms with van der Waals surface area (Å²) in [6, 6.07) is 12.8. The van der Waals surface area contributed by atoms with Gasteiger partial charge in [0.25, 0.3) is 0 Å². The van der Waals surface area contributed by atoms with Crippen molar-refractivity contribution in [2.45, 2.75) is 16.4 Å². The molecule has 0 atom stereocenters. The Morgan fingerprint density at radius 2 is 1.21 bits per heavy atom. The van der Waals surface area contributed by atoms with E-state index in [1.807, 2.05) is 0 Å². The number of nitrogens with zero attached hydrogens (tertiary/aromatic N) is 1. The van der Waals surface area contributed by atoms with Crippen molar-refractivity contribution in [1.82, 2.24) is 0 Å². The second-order valence-electron chi connectivity index (χ2n) is 7.04. The van der Waals surface area contributed by atoms with E-state index in [1.165, 1.54) is 48.5 Å². The number of halogens is 7. The molecular weight excluding hydrogens is 520 g/mol. The van der Waals surface area contributed by atoms with Crippen LogP contribution in [-0.2, 0) is 20.0 Å². The summed E-state index contributed by atoms with van der Waals surface area (Å²) in [5, 5.41) is -12.9. The Labute approximate surface area is 188 Å². The zero-order chi connectivity index (χ0) is 24.6. The molecule has 0 bridgehead atoms. The fourth-order valence-corrected chi connectivity index (χ4v) is 7.27. The predicted molar refractivity (Wildman–Crippen MR) is 110 cm³/mol. The highest BCUT2D eigenvalue weighted by Crippen LogP contribution is 2.58. The summed E-state index contributed by atoms with van der Waals surface area (Å²) in [6.07, 6.45) is 0. The Bertz CT molecular complexity index is 1440. The molecule has 1 fully saturated rings. The van der Waals surface area contributed by atoms with Crippen LogP contribution in [0.15, 0.2) is 60.7 Å². The maximum atomic E-state index is 14.3. The summed E-state index contributed by atoms with van der Waals surface area (Å²) < 4.78 is 133. The van der Waals surface area contributed by atoms with Crippen molar-refractivity contribution in [1.29, 1.82) is 0 Å². The lowest BCUT2D eigenvalue weighted by Crippen LogP contribution is -2.72. The van der Waals surface area contributed by atoms with Crippen molar-refractivity contribution in [2.24, 2.45) is 0 Å². The largest absolute Gasteiger partial charge is 0.434 e. The van der Waals surface area contributed by atoms with Crippen molar-refractivity contribution < 1.29 is 43.2 Å². The molecule has 0 aliphatic carbocycles. The summed E-state index contributed by atoms with van der Waals surface area (Å²) in [6.45, 7) is 0. The lowest BCUT2D eigenvalue weighted by Gasteiger charge is -2.41. The summed E-state index contributed by atoms with van der Waals surface area (Å²) in [5.41, 5.74) is -0.857. The van der Waals surface area contributed by atoms with Gasteiger partial charge in [-0.3, -0.25) is 0 Å². The van der Waals surface area contributed by atoms with E-state index in [0.29, 0.717) is 5.02 Å². The second kappa shape index (κ2) is 7.00. The van der Waals surface area contributed by atoms with Gasteiger partial charge < -0.3 is 0 Å². The third-order valence-corrected chi connectivity index (χ3v) is 9.53. The van der Waals surface area contributed by atoms with E-state index in [9.17, 15) is 43.2 Å². The molecule has 0 radical (unpaired) electrons. The minimum atomic E-state index is -6.88. The second-order valence-corrected chi connectivity index (χ2v) is 11.4. The Kier molecular flexibility index (Phi) is 5.01. The summed E-state index contributed by atoms with van der Waals surface area (Å²) >= 11 is 5.81. The van der Waals surface area contributed by atoms with E-state index in [0.717, 1.165) is 12.1 Å². The van der Waals surface area contributed by atoms with Gasteiger partial charge in [-0.1, -0.05) is 48.0 Å². The molecule has 0 amide bonds. The summed E-state index contributed by atoms with van der Waals surface area (Å²) in [5.74, 6) is -6.72. The minimum Gasteiger partial charge on any atom is -0.199 e. The van der Waals surface area contributed by atoms with Crippen LogP contribution in [0.1, 0.15) is 0 Å². The maximum absolute atomic E-state index is 14.3. The Balaban J connectivity index is 2.12. The molecule has 4 rings (SSSR count).